The smallest absolute Gasteiger partial charge is 0.410 e. The molecule has 5 heteroatoms. The van der Waals surface area contributed by atoms with E-state index in [1.807, 2.05) is 20.8 Å². The number of carbonyl (C=O) groups is 2. The first-order valence-electron chi connectivity index (χ1n) is 9.67. The van der Waals surface area contributed by atoms with Crippen LogP contribution in [-0.4, -0.2) is 41.6 Å². The van der Waals surface area contributed by atoms with Gasteiger partial charge >= 0.3 is 6.09 Å². The molecule has 1 aliphatic heterocycles. The lowest BCUT2D eigenvalue weighted by Crippen LogP contribution is -2.49. The van der Waals surface area contributed by atoms with E-state index in [-0.39, 0.29) is 24.0 Å². The predicted molar refractivity (Wildman–Crippen MR) is 101 cm³/mol. The molecule has 5 nitrogen and oxygen atoms in total. The Bertz CT molecular complexity index is 665. The van der Waals surface area contributed by atoms with Gasteiger partial charge in [-0.2, -0.15) is 0 Å². The van der Waals surface area contributed by atoms with Crippen molar-refractivity contribution >= 4 is 12.0 Å². The van der Waals surface area contributed by atoms with Crippen LogP contribution in [0.3, 0.4) is 0 Å². The maximum atomic E-state index is 12.7. The molecule has 0 aromatic heterocycles. The van der Waals surface area contributed by atoms with Crippen LogP contribution < -0.4 is 5.32 Å². The SMILES string of the molecule is CC(C)(C)OC(=O)N1CCCC(C(=O)NC2CCc3ccccc3C2)C1. The summed E-state index contributed by atoms with van der Waals surface area (Å²) in [6.07, 6.45) is 4.23. The van der Waals surface area contributed by atoms with Crippen molar-refractivity contribution in [3.63, 3.8) is 0 Å². The van der Waals surface area contributed by atoms with Crippen molar-refractivity contribution in [1.82, 2.24) is 10.2 Å². The average Bonchev–Trinajstić information content (AvgIpc) is 2.60. The standard InChI is InChI=1S/C21H30N2O3/c1-21(2,3)26-20(25)23-12-6-9-17(14-23)19(24)22-18-11-10-15-7-4-5-8-16(15)13-18/h4-5,7-8,17-18H,6,9-14H2,1-3H3,(H,22,24). The first-order chi connectivity index (χ1) is 12.3. The Balaban J connectivity index is 1.54. The van der Waals surface area contributed by atoms with Crippen molar-refractivity contribution < 1.29 is 14.3 Å². The molecule has 1 aliphatic carbocycles. The normalized spacial score (nSPS) is 23.1. The molecule has 2 aliphatic rings. The lowest BCUT2D eigenvalue weighted by atomic mass is 9.87. The van der Waals surface area contributed by atoms with E-state index < -0.39 is 5.60 Å². The van der Waals surface area contributed by atoms with Crippen molar-refractivity contribution in [3.05, 3.63) is 35.4 Å². The maximum absolute atomic E-state index is 12.7. The minimum Gasteiger partial charge on any atom is -0.444 e. The number of hydrogen-bond acceptors (Lipinski definition) is 3. The zero-order chi connectivity index (χ0) is 18.7. The molecule has 1 N–H and O–H groups in total. The van der Waals surface area contributed by atoms with Crippen LogP contribution >= 0.6 is 0 Å². The molecule has 1 aromatic carbocycles. The van der Waals surface area contributed by atoms with Crippen molar-refractivity contribution in [2.45, 2.75) is 64.5 Å². The lowest BCUT2D eigenvalue weighted by molar-refractivity contribution is -0.127. The fourth-order valence-corrected chi connectivity index (χ4v) is 3.82. The summed E-state index contributed by atoms with van der Waals surface area (Å²) in [5.74, 6) is -0.0731. The average molecular weight is 358 g/mol. The zero-order valence-corrected chi connectivity index (χ0v) is 16.1. The molecule has 1 fully saturated rings. The molecular weight excluding hydrogens is 328 g/mol. The minimum atomic E-state index is -0.512. The Morgan fingerprint density at radius 3 is 2.62 bits per heavy atom. The van der Waals surface area contributed by atoms with E-state index in [0.29, 0.717) is 13.1 Å². The van der Waals surface area contributed by atoms with Gasteiger partial charge in [-0.3, -0.25) is 4.79 Å². The molecule has 1 aromatic rings. The first kappa shape index (κ1) is 18.7. The molecule has 0 bridgehead atoms. The Hall–Kier alpha value is -2.04. The molecule has 3 rings (SSSR count). The van der Waals surface area contributed by atoms with Crippen LogP contribution in [0.15, 0.2) is 24.3 Å². The van der Waals surface area contributed by atoms with Crippen molar-refractivity contribution in [3.8, 4) is 0 Å². The summed E-state index contributed by atoms with van der Waals surface area (Å²) in [5, 5.41) is 3.22. The van der Waals surface area contributed by atoms with Crippen molar-refractivity contribution in [2.75, 3.05) is 13.1 Å². The summed E-state index contributed by atoms with van der Waals surface area (Å²) in [5.41, 5.74) is 2.22. The van der Waals surface area contributed by atoms with Crippen LogP contribution in [0, 0.1) is 5.92 Å². The zero-order valence-electron chi connectivity index (χ0n) is 16.1. The maximum Gasteiger partial charge on any atom is 0.410 e. The second-order valence-electron chi connectivity index (χ2n) is 8.48. The van der Waals surface area contributed by atoms with Gasteiger partial charge in [0.05, 0.1) is 5.92 Å². The number of aryl methyl sites for hydroxylation is 1. The summed E-state index contributed by atoms with van der Waals surface area (Å²) in [6, 6.07) is 8.65. The highest BCUT2D eigenvalue weighted by atomic mass is 16.6. The number of likely N-dealkylation sites (tertiary alicyclic amines) is 1. The van der Waals surface area contributed by atoms with Crippen molar-refractivity contribution in [2.24, 2.45) is 5.92 Å². The van der Waals surface area contributed by atoms with Crippen LogP contribution in [0.25, 0.3) is 0 Å². The van der Waals surface area contributed by atoms with Gasteiger partial charge in [0.1, 0.15) is 5.60 Å². The number of ether oxygens (including phenoxy) is 1. The molecule has 142 valence electrons. The lowest BCUT2D eigenvalue weighted by Gasteiger charge is -2.34. The predicted octanol–water partition coefficient (Wildman–Crippen LogP) is 3.31. The number of hydrogen-bond donors (Lipinski definition) is 1. The third kappa shape index (κ3) is 4.77. The van der Waals surface area contributed by atoms with E-state index in [9.17, 15) is 9.59 Å². The van der Waals surface area contributed by atoms with E-state index >= 15 is 0 Å². The van der Waals surface area contributed by atoms with Crippen LogP contribution in [0.5, 0.6) is 0 Å². The second kappa shape index (κ2) is 7.68. The minimum absolute atomic E-state index is 0.0719. The van der Waals surface area contributed by atoms with Gasteiger partial charge in [-0.05, 0) is 64.0 Å². The number of benzene rings is 1. The van der Waals surface area contributed by atoms with E-state index in [0.717, 1.165) is 32.1 Å². The number of fused-ring (bicyclic) bond motifs is 1. The van der Waals surface area contributed by atoms with Gasteiger partial charge in [-0.25, -0.2) is 4.79 Å². The molecule has 1 heterocycles. The summed E-state index contributed by atoms with van der Waals surface area (Å²) in [7, 11) is 0. The van der Waals surface area contributed by atoms with E-state index in [2.05, 4.69) is 29.6 Å². The van der Waals surface area contributed by atoms with E-state index in [1.54, 1.807) is 4.90 Å². The van der Waals surface area contributed by atoms with Crippen LogP contribution in [0.2, 0.25) is 0 Å². The van der Waals surface area contributed by atoms with E-state index in [4.69, 9.17) is 4.74 Å². The van der Waals surface area contributed by atoms with E-state index in [1.165, 1.54) is 11.1 Å². The Morgan fingerprint density at radius 2 is 1.88 bits per heavy atom. The van der Waals surface area contributed by atoms with Crippen LogP contribution in [0.1, 0.15) is 51.2 Å². The van der Waals surface area contributed by atoms with Gasteiger partial charge in [-0.1, -0.05) is 24.3 Å². The quantitative estimate of drug-likeness (QED) is 0.882. The molecule has 2 unspecified atom stereocenters. The molecule has 26 heavy (non-hydrogen) atoms. The van der Waals surface area contributed by atoms with Crippen LogP contribution in [-0.2, 0) is 22.4 Å². The van der Waals surface area contributed by atoms with Gasteiger partial charge in [0.25, 0.3) is 0 Å². The Kier molecular flexibility index (Phi) is 5.54. The van der Waals surface area contributed by atoms with Crippen LogP contribution in [0.4, 0.5) is 4.79 Å². The number of amides is 2. The monoisotopic (exact) mass is 358 g/mol. The highest BCUT2D eigenvalue weighted by molar-refractivity contribution is 5.80. The number of rotatable bonds is 2. The highest BCUT2D eigenvalue weighted by Crippen LogP contribution is 2.23. The van der Waals surface area contributed by atoms with Gasteiger partial charge in [0, 0.05) is 19.1 Å². The molecule has 0 saturated carbocycles. The largest absolute Gasteiger partial charge is 0.444 e. The number of carbonyl (C=O) groups excluding carboxylic acids is 2. The second-order valence-corrected chi connectivity index (χ2v) is 8.48. The summed E-state index contributed by atoms with van der Waals surface area (Å²) in [4.78, 5) is 26.7. The fourth-order valence-electron chi connectivity index (χ4n) is 3.82. The Labute approximate surface area is 156 Å². The molecule has 1 saturated heterocycles. The fraction of sp³-hybridized carbons (Fsp3) is 0.619. The topological polar surface area (TPSA) is 58.6 Å². The number of piperidine rings is 1. The summed E-state index contributed by atoms with van der Waals surface area (Å²) >= 11 is 0. The summed E-state index contributed by atoms with van der Waals surface area (Å²) < 4.78 is 5.45. The molecule has 0 radical (unpaired) electrons. The third-order valence-electron chi connectivity index (χ3n) is 5.14. The molecule has 0 spiro atoms. The number of nitrogens with one attached hydrogen (secondary N) is 1. The third-order valence-corrected chi connectivity index (χ3v) is 5.14. The van der Waals surface area contributed by atoms with Gasteiger partial charge in [0.15, 0.2) is 0 Å². The highest BCUT2D eigenvalue weighted by Gasteiger charge is 2.32. The summed E-state index contributed by atoms with van der Waals surface area (Å²) in [6.45, 7) is 6.69. The molecular formula is C21H30N2O3. The molecule has 2 atom stereocenters. The number of nitrogens with zero attached hydrogens (tertiary/aromatic N) is 1. The van der Waals surface area contributed by atoms with Gasteiger partial charge in [0.2, 0.25) is 5.91 Å². The van der Waals surface area contributed by atoms with Crippen molar-refractivity contribution in [1.29, 1.82) is 0 Å². The van der Waals surface area contributed by atoms with Gasteiger partial charge < -0.3 is 15.0 Å². The first-order valence-corrected chi connectivity index (χ1v) is 9.67. The van der Waals surface area contributed by atoms with Gasteiger partial charge in [-0.15, -0.1) is 0 Å². The Morgan fingerprint density at radius 1 is 1.15 bits per heavy atom. The molecule has 2 amide bonds.